The molecule has 0 bridgehead atoms. The highest BCUT2D eigenvalue weighted by Gasteiger charge is 2.00. The standard InChI is InChI=1S/C8H11N3/c1-4-11-8(10)7(5-9)6(2)3/h4H,2,10H2,1,3H3/b8-7-,11-4-. The van der Waals surface area contributed by atoms with E-state index in [2.05, 4.69) is 11.6 Å². The van der Waals surface area contributed by atoms with Crippen molar-refractivity contribution in [2.75, 3.05) is 0 Å². The quantitative estimate of drug-likeness (QED) is 0.366. The van der Waals surface area contributed by atoms with Crippen LogP contribution in [0.15, 0.2) is 28.5 Å². The van der Waals surface area contributed by atoms with Gasteiger partial charge in [-0.05, 0) is 19.4 Å². The van der Waals surface area contributed by atoms with Crippen molar-refractivity contribution < 1.29 is 0 Å². The molecule has 0 saturated carbocycles. The van der Waals surface area contributed by atoms with E-state index >= 15 is 0 Å². The Hall–Kier alpha value is -1.56. The van der Waals surface area contributed by atoms with Gasteiger partial charge in [-0.15, -0.1) is 0 Å². The van der Waals surface area contributed by atoms with Gasteiger partial charge in [0.2, 0.25) is 0 Å². The van der Waals surface area contributed by atoms with Crippen molar-refractivity contribution in [2.24, 2.45) is 10.7 Å². The number of allylic oxidation sites excluding steroid dienone is 2. The van der Waals surface area contributed by atoms with Crippen LogP contribution in [-0.2, 0) is 0 Å². The third-order valence-electron chi connectivity index (χ3n) is 1.06. The van der Waals surface area contributed by atoms with E-state index in [4.69, 9.17) is 11.0 Å². The van der Waals surface area contributed by atoms with Crippen LogP contribution in [0, 0.1) is 11.3 Å². The normalized spacial score (nSPS) is 12.5. The maximum absolute atomic E-state index is 8.57. The molecule has 0 aromatic carbocycles. The molecule has 0 aliphatic rings. The number of nitriles is 1. The van der Waals surface area contributed by atoms with Crippen LogP contribution in [0.25, 0.3) is 0 Å². The lowest BCUT2D eigenvalue weighted by atomic mass is 10.1. The predicted molar refractivity (Wildman–Crippen MR) is 45.8 cm³/mol. The highest BCUT2D eigenvalue weighted by molar-refractivity contribution is 5.56. The number of aliphatic imine (C=N–C) groups is 1. The Morgan fingerprint density at radius 1 is 1.73 bits per heavy atom. The van der Waals surface area contributed by atoms with E-state index in [0.717, 1.165) is 0 Å². The molecule has 0 aliphatic carbocycles. The summed E-state index contributed by atoms with van der Waals surface area (Å²) in [6.07, 6.45) is 1.54. The lowest BCUT2D eigenvalue weighted by Gasteiger charge is -1.97. The molecule has 0 aromatic rings. The van der Waals surface area contributed by atoms with E-state index in [1.165, 1.54) is 6.21 Å². The van der Waals surface area contributed by atoms with Gasteiger partial charge in [0.1, 0.15) is 11.9 Å². The molecule has 3 nitrogen and oxygen atoms in total. The highest BCUT2D eigenvalue weighted by atomic mass is 14.9. The molecule has 0 fully saturated rings. The zero-order valence-electron chi connectivity index (χ0n) is 6.76. The summed E-state index contributed by atoms with van der Waals surface area (Å²) in [5.74, 6) is 0.225. The topological polar surface area (TPSA) is 62.2 Å². The summed E-state index contributed by atoms with van der Waals surface area (Å²) in [5, 5.41) is 8.57. The first-order valence-corrected chi connectivity index (χ1v) is 3.17. The minimum atomic E-state index is 0.225. The molecule has 0 amide bonds. The fourth-order valence-electron chi connectivity index (χ4n) is 0.575. The lowest BCUT2D eigenvalue weighted by Crippen LogP contribution is -1.99. The summed E-state index contributed by atoms with van der Waals surface area (Å²) in [6, 6.07) is 1.93. The van der Waals surface area contributed by atoms with Crippen molar-refractivity contribution in [2.45, 2.75) is 13.8 Å². The second-order valence-corrected chi connectivity index (χ2v) is 2.04. The van der Waals surface area contributed by atoms with E-state index in [0.29, 0.717) is 11.1 Å². The van der Waals surface area contributed by atoms with Crippen molar-refractivity contribution in [3.8, 4) is 6.07 Å². The minimum Gasteiger partial charge on any atom is -0.383 e. The number of nitrogens with zero attached hydrogens (tertiary/aromatic N) is 2. The van der Waals surface area contributed by atoms with E-state index in [-0.39, 0.29) is 5.82 Å². The summed E-state index contributed by atoms with van der Waals surface area (Å²) in [4.78, 5) is 3.77. The molecule has 0 unspecified atom stereocenters. The molecule has 0 heterocycles. The van der Waals surface area contributed by atoms with Gasteiger partial charge in [-0.2, -0.15) is 5.26 Å². The van der Waals surface area contributed by atoms with Gasteiger partial charge in [-0.1, -0.05) is 6.58 Å². The van der Waals surface area contributed by atoms with Crippen molar-refractivity contribution in [1.29, 1.82) is 5.26 Å². The Balaban J connectivity index is 4.87. The first-order valence-electron chi connectivity index (χ1n) is 3.17. The number of rotatable bonds is 2. The largest absolute Gasteiger partial charge is 0.383 e. The zero-order chi connectivity index (χ0) is 8.85. The fourth-order valence-corrected chi connectivity index (χ4v) is 0.575. The molecule has 3 heteroatoms. The van der Waals surface area contributed by atoms with Crippen LogP contribution in [0.1, 0.15) is 13.8 Å². The summed E-state index contributed by atoms with van der Waals surface area (Å²) >= 11 is 0. The molecular formula is C8H11N3. The van der Waals surface area contributed by atoms with Crippen molar-refractivity contribution in [3.05, 3.63) is 23.5 Å². The molecule has 58 valence electrons. The summed E-state index contributed by atoms with van der Waals surface area (Å²) in [5.41, 5.74) is 6.42. The van der Waals surface area contributed by atoms with E-state index < -0.39 is 0 Å². The molecule has 0 atom stereocenters. The van der Waals surface area contributed by atoms with Gasteiger partial charge in [-0.3, -0.25) is 0 Å². The molecule has 2 N–H and O–H groups in total. The fraction of sp³-hybridized carbons (Fsp3) is 0.250. The van der Waals surface area contributed by atoms with E-state index in [1.807, 2.05) is 6.07 Å². The Morgan fingerprint density at radius 3 is 2.55 bits per heavy atom. The van der Waals surface area contributed by atoms with Crippen LogP contribution in [0.2, 0.25) is 0 Å². The lowest BCUT2D eigenvalue weighted by molar-refractivity contribution is 1.19. The van der Waals surface area contributed by atoms with Crippen LogP contribution in [0.3, 0.4) is 0 Å². The van der Waals surface area contributed by atoms with E-state index in [9.17, 15) is 0 Å². The van der Waals surface area contributed by atoms with Gasteiger partial charge in [0.25, 0.3) is 0 Å². The second-order valence-electron chi connectivity index (χ2n) is 2.04. The van der Waals surface area contributed by atoms with Gasteiger partial charge in [0.05, 0.1) is 5.57 Å². The highest BCUT2D eigenvalue weighted by Crippen LogP contribution is 2.08. The average Bonchev–Trinajstić information content (AvgIpc) is 1.88. The Kier molecular flexibility index (Phi) is 3.68. The van der Waals surface area contributed by atoms with Gasteiger partial charge in [-0.25, -0.2) is 4.99 Å². The molecule has 0 radical (unpaired) electrons. The Morgan fingerprint density at radius 2 is 2.27 bits per heavy atom. The minimum absolute atomic E-state index is 0.225. The monoisotopic (exact) mass is 149 g/mol. The van der Waals surface area contributed by atoms with Crippen LogP contribution < -0.4 is 5.73 Å². The van der Waals surface area contributed by atoms with Crippen molar-refractivity contribution >= 4 is 6.21 Å². The molecule has 0 aromatic heterocycles. The first kappa shape index (κ1) is 9.44. The number of nitrogens with two attached hydrogens (primary N) is 1. The van der Waals surface area contributed by atoms with Gasteiger partial charge in [0, 0.05) is 6.21 Å². The number of hydrogen-bond donors (Lipinski definition) is 1. The third kappa shape index (κ3) is 2.67. The predicted octanol–water partition coefficient (Wildman–Crippen LogP) is 1.35. The molecule has 0 aliphatic heterocycles. The molecule has 0 rings (SSSR count). The summed E-state index contributed by atoms with van der Waals surface area (Å²) < 4.78 is 0. The van der Waals surface area contributed by atoms with Crippen LogP contribution in [-0.4, -0.2) is 6.21 Å². The van der Waals surface area contributed by atoms with Crippen molar-refractivity contribution in [1.82, 2.24) is 0 Å². The van der Waals surface area contributed by atoms with Gasteiger partial charge >= 0.3 is 0 Å². The first-order chi connectivity index (χ1) is 5.13. The van der Waals surface area contributed by atoms with Crippen LogP contribution >= 0.6 is 0 Å². The Labute approximate surface area is 66.5 Å². The smallest absolute Gasteiger partial charge is 0.141 e. The van der Waals surface area contributed by atoms with Crippen molar-refractivity contribution in [3.63, 3.8) is 0 Å². The van der Waals surface area contributed by atoms with Crippen LogP contribution in [0.5, 0.6) is 0 Å². The SMILES string of the molecule is C=C(C)/C(C#N)=C(N)\N=C/C. The van der Waals surface area contributed by atoms with Gasteiger partial charge in [0.15, 0.2) is 0 Å². The second kappa shape index (κ2) is 4.29. The zero-order valence-corrected chi connectivity index (χ0v) is 6.76. The molecular weight excluding hydrogens is 138 g/mol. The maximum atomic E-state index is 8.57. The average molecular weight is 149 g/mol. The maximum Gasteiger partial charge on any atom is 0.141 e. The van der Waals surface area contributed by atoms with E-state index in [1.54, 1.807) is 13.8 Å². The van der Waals surface area contributed by atoms with Crippen LogP contribution in [0.4, 0.5) is 0 Å². The summed E-state index contributed by atoms with van der Waals surface area (Å²) in [6.45, 7) is 7.05. The molecule has 11 heavy (non-hydrogen) atoms. The third-order valence-corrected chi connectivity index (χ3v) is 1.06. The summed E-state index contributed by atoms with van der Waals surface area (Å²) in [7, 11) is 0. The number of hydrogen-bond acceptors (Lipinski definition) is 3. The Bertz CT molecular complexity index is 253. The molecule has 0 spiro atoms. The van der Waals surface area contributed by atoms with Gasteiger partial charge < -0.3 is 5.73 Å². The molecule has 0 saturated heterocycles.